The normalized spacial score (nSPS) is 9.84. The summed E-state index contributed by atoms with van der Waals surface area (Å²) in [6.45, 7) is 1.65. The Kier molecular flexibility index (Phi) is 4.28. The number of carbonyl (C=O) groups excluding carboxylic acids is 1. The van der Waals surface area contributed by atoms with Gasteiger partial charge in [-0.3, -0.25) is 15.0 Å². The number of aryl methyl sites for hydroxylation is 1. The molecule has 102 valence electrons. The van der Waals surface area contributed by atoms with Crippen LogP contribution in [0.2, 0.25) is 5.02 Å². The van der Waals surface area contributed by atoms with Crippen LogP contribution >= 0.6 is 11.6 Å². The average molecular weight is 286 g/mol. The number of halogens is 1. The van der Waals surface area contributed by atoms with Crippen molar-refractivity contribution in [1.29, 1.82) is 0 Å². The third kappa shape index (κ3) is 3.32. The van der Waals surface area contributed by atoms with Crippen LogP contribution in [0, 0.1) is 17.0 Å². The molecule has 0 spiro atoms. The smallest absolute Gasteiger partial charge is 0.351 e. The lowest BCUT2D eigenvalue weighted by Gasteiger charge is -2.16. The van der Waals surface area contributed by atoms with Gasteiger partial charge in [0.2, 0.25) is 0 Å². The molecule has 1 aromatic carbocycles. The number of nitro groups is 1. The number of carbonyl (C=O) groups is 1. The van der Waals surface area contributed by atoms with Gasteiger partial charge in [-0.15, -0.1) is 0 Å². The van der Waals surface area contributed by atoms with Crippen molar-refractivity contribution in [1.82, 2.24) is 0 Å². The predicted molar refractivity (Wildman–Crippen MR) is 72.5 cm³/mol. The third-order valence-electron chi connectivity index (χ3n) is 2.23. The summed E-state index contributed by atoms with van der Waals surface area (Å²) in [5.41, 5.74) is 10.4. The number of nitrogens with two attached hydrogens (primary N) is 2. The summed E-state index contributed by atoms with van der Waals surface area (Å²) in [6, 6.07) is 1.96. The molecule has 0 saturated heterocycles. The number of nitro benzene ring substituents is 1. The zero-order valence-electron chi connectivity index (χ0n) is 10.3. The highest BCUT2D eigenvalue weighted by molar-refractivity contribution is 6.34. The van der Waals surface area contributed by atoms with Crippen LogP contribution in [-0.2, 0) is 0 Å². The van der Waals surface area contributed by atoms with Crippen LogP contribution in [0.5, 0.6) is 0 Å². The van der Waals surface area contributed by atoms with Crippen molar-refractivity contribution in [2.45, 2.75) is 6.92 Å². The molecule has 0 radical (unpaired) electrons. The number of guanidine groups is 1. The molecule has 0 aromatic heterocycles. The van der Waals surface area contributed by atoms with E-state index in [0.29, 0.717) is 5.56 Å². The molecule has 0 heterocycles. The zero-order valence-corrected chi connectivity index (χ0v) is 11.0. The van der Waals surface area contributed by atoms with Crippen molar-refractivity contribution in [3.63, 3.8) is 0 Å². The molecule has 2 amide bonds. The number of rotatable bonds is 2. The Morgan fingerprint density at radius 1 is 1.47 bits per heavy atom. The Hall–Kier alpha value is -2.35. The van der Waals surface area contributed by atoms with Crippen LogP contribution in [0.25, 0.3) is 0 Å². The van der Waals surface area contributed by atoms with Gasteiger partial charge in [0.05, 0.1) is 9.95 Å². The first kappa shape index (κ1) is 14.7. The molecule has 1 rings (SSSR count). The molecule has 4 N–H and O–H groups in total. The largest absolute Gasteiger partial charge is 0.370 e. The number of anilines is 1. The topological polar surface area (TPSA) is 128 Å². The van der Waals surface area contributed by atoms with E-state index < -0.39 is 16.9 Å². The lowest BCUT2D eigenvalue weighted by Crippen LogP contribution is -2.30. The highest BCUT2D eigenvalue weighted by Crippen LogP contribution is 2.36. The van der Waals surface area contributed by atoms with Crippen molar-refractivity contribution >= 4 is 35.0 Å². The number of nitrogens with zero attached hydrogens (tertiary/aromatic N) is 3. The maximum Gasteiger partial charge on any atom is 0.351 e. The van der Waals surface area contributed by atoms with Gasteiger partial charge < -0.3 is 11.5 Å². The van der Waals surface area contributed by atoms with Gasteiger partial charge in [-0.2, -0.15) is 4.99 Å². The van der Waals surface area contributed by atoms with Crippen LogP contribution in [-0.4, -0.2) is 24.0 Å². The van der Waals surface area contributed by atoms with Gasteiger partial charge in [0, 0.05) is 13.1 Å². The van der Waals surface area contributed by atoms with Crippen molar-refractivity contribution < 1.29 is 9.72 Å². The summed E-state index contributed by atoms with van der Waals surface area (Å²) in [6.07, 6.45) is 0. The minimum Gasteiger partial charge on any atom is -0.370 e. The lowest BCUT2D eigenvalue weighted by molar-refractivity contribution is -0.384. The molecule has 8 nitrogen and oxygen atoms in total. The number of urea groups is 1. The summed E-state index contributed by atoms with van der Waals surface area (Å²) >= 11 is 5.94. The van der Waals surface area contributed by atoms with Crippen molar-refractivity contribution in [2.24, 2.45) is 16.5 Å². The van der Waals surface area contributed by atoms with Gasteiger partial charge >= 0.3 is 6.03 Å². The van der Waals surface area contributed by atoms with Crippen molar-refractivity contribution in [2.75, 3.05) is 11.9 Å². The second-order valence-electron chi connectivity index (χ2n) is 3.75. The molecule has 0 aliphatic carbocycles. The third-order valence-corrected chi connectivity index (χ3v) is 2.52. The van der Waals surface area contributed by atoms with E-state index >= 15 is 0 Å². The van der Waals surface area contributed by atoms with Crippen molar-refractivity contribution in [3.05, 3.63) is 32.8 Å². The van der Waals surface area contributed by atoms with Gasteiger partial charge in [-0.25, -0.2) is 4.79 Å². The van der Waals surface area contributed by atoms with E-state index in [1.165, 1.54) is 19.2 Å². The van der Waals surface area contributed by atoms with Crippen LogP contribution in [0.3, 0.4) is 0 Å². The molecular weight excluding hydrogens is 274 g/mol. The maximum atomic E-state index is 11.7. The monoisotopic (exact) mass is 285 g/mol. The molecule has 9 heteroatoms. The van der Waals surface area contributed by atoms with Gasteiger partial charge in [0.1, 0.15) is 5.69 Å². The molecule has 0 saturated carbocycles. The fourth-order valence-electron chi connectivity index (χ4n) is 1.47. The standard InChI is InChI=1S/C10H12ClN5O3/c1-5-3-6(11)8(7(4-5)16(18)19)15(2)10(17)14-9(12)13/h3-4H,1-2H3,(H4,12,13,14,17). The number of amides is 2. The Morgan fingerprint density at radius 3 is 2.53 bits per heavy atom. The number of hydrogen-bond donors (Lipinski definition) is 2. The molecule has 0 aliphatic rings. The average Bonchev–Trinajstić information content (AvgIpc) is 2.25. The number of aliphatic imine (C=N–C) groups is 1. The molecule has 1 aromatic rings. The first-order valence-electron chi connectivity index (χ1n) is 5.06. The number of benzene rings is 1. The zero-order chi connectivity index (χ0) is 14.7. The fourth-order valence-corrected chi connectivity index (χ4v) is 1.86. The molecule has 0 atom stereocenters. The summed E-state index contributed by atoms with van der Waals surface area (Å²) in [7, 11) is 1.29. The molecule has 0 aliphatic heterocycles. The Labute approximate surface area is 113 Å². The van der Waals surface area contributed by atoms with Crippen LogP contribution in [0.15, 0.2) is 17.1 Å². The van der Waals surface area contributed by atoms with Crippen LogP contribution in [0.1, 0.15) is 5.56 Å². The van der Waals surface area contributed by atoms with E-state index in [9.17, 15) is 14.9 Å². The second-order valence-corrected chi connectivity index (χ2v) is 4.16. The van der Waals surface area contributed by atoms with Crippen molar-refractivity contribution in [3.8, 4) is 0 Å². The minimum absolute atomic E-state index is 0.0627. The summed E-state index contributed by atoms with van der Waals surface area (Å²) in [5, 5.41) is 11.1. The quantitative estimate of drug-likeness (QED) is 0.367. The summed E-state index contributed by atoms with van der Waals surface area (Å²) in [5.74, 6) is -0.442. The second kappa shape index (κ2) is 5.53. The highest BCUT2D eigenvalue weighted by Gasteiger charge is 2.25. The van der Waals surface area contributed by atoms with E-state index in [1.54, 1.807) is 6.92 Å². The molecule has 0 unspecified atom stereocenters. The first-order valence-corrected chi connectivity index (χ1v) is 5.43. The summed E-state index contributed by atoms with van der Waals surface area (Å²) in [4.78, 5) is 26.2. The van der Waals surface area contributed by atoms with E-state index in [1.807, 2.05) is 0 Å². The molecular formula is C10H12ClN5O3. The van der Waals surface area contributed by atoms with Gasteiger partial charge in [-0.1, -0.05) is 11.6 Å². The first-order chi connectivity index (χ1) is 8.73. The molecule has 0 bridgehead atoms. The van der Waals surface area contributed by atoms with E-state index in [0.717, 1.165) is 4.90 Å². The van der Waals surface area contributed by atoms with E-state index in [-0.39, 0.29) is 16.4 Å². The SMILES string of the molecule is Cc1cc(Cl)c(N(C)C(=O)N=C(N)N)c([N+](=O)[O-])c1. The van der Waals surface area contributed by atoms with Gasteiger partial charge in [-0.05, 0) is 18.6 Å². The Bertz CT molecular complexity index is 569. The van der Waals surface area contributed by atoms with Gasteiger partial charge in [0.15, 0.2) is 5.96 Å². The predicted octanol–water partition coefficient (Wildman–Crippen LogP) is 1.39. The molecule has 0 fully saturated rings. The molecule has 19 heavy (non-hydrogen) atoms. The Morgan fingerprint density at radius 2 is 2.05 bits per heavy atom. The number of hydrogen-bond acceptors (Lipinski definition) is 3. The highest BCUT2D eigenvalue weighted by atomic mass is 35.5. The van der Waals surface area contributed by atoms with E-state index in [2.05, 4.69) is 4.99 Å². The fraction of sp³-hybridized carbons (Fsp3) is 0.200. The summed E-state index contributed by atoms with van der Waals surface area (Å²) < 4.78 is 0. The maximum absolute atomic E-state index is 11.7. The lowest BCUT2D eigenvalue weighted by atomic mass is 10.2. The van der Waals surface area contributed by atoms with Gasteiger partial charge in [0.25, 0.3) is 5.69 Å². The minimum atomic E-state index is -0.853. The Balaban J connectivity index is 3.37. The van der Waals surface area contributed by atoms with E-state index in [4.69, 9.17) is 23.1 Å². The van der Waals surface area contributed by atoms with Crippen LogP contribution < -0.4 is 16.4 Å². The van der Waals surface area contributed by atoms with Crippen LogP contribution in [0.4, 0.5) is 16.2 Å².